The number of nitrogens with zero attached hydrogens (tertiary/aromatic N) is 4. The van der Waals surface area contributed by atoms with Gasteiger partial charge in [-0.3, -0.25) is 9.20 Å². The maximum atomic E-state index is 12.8. The Bertz CT molecular complexity index is 1240. The van der Waals surface area contributed by atoms with Gasteiger partial charge >= 0.3 is 0 Å². The van der Waals surface area contributed by atoms with Gasteiger partial charge in [-0.2, -0.15) is 0 Å². The van der Waals surface area contributed by atoms with Crippen molar-refractivity contribution in [1.82, 2.24) is 14.4 Å². The number of nitrogens with two attached hydrogens (primary N) is 1. The molecule has 1 aliphatic heterocycles. The first-order chi connectivity index (χ1) is 13.6. The maximum Gasteiger partial charge on any atom is 0.258 e. The van der Waals surface area contributed by atoms with E-state index in [4.69, 9.17) is 10.7 Å². The fourth-order valence-electron chi connectivity index (χ4n) is 3.78. The van der Waals surface area contributed by atoms with Gasteiger partial charge in [0.25, 0.3) is 5.56 Å². The highest BCUT2D eigenvalue weighted by Gasteiger charge is 2.17. The third-order valence-corrected chi connectivity index (χ3v) is 6.27. The van der Waals surface area contributed by atoms with Crippen molar-refractivity contribution >= 4 is 32.9 Å². The van der Waals surface area contributed by atoms with E-state index in [1.165, 1.54) is 0 Å². The minimum Gasteiger partial charge on any atom is -0.370 e. The van der Waals surface area contributed by atoms with Gasteiger partial charge in [-0.15, -0.1) is 11.3 Å². The van der Waals surface area contributed by atoms with Crippen LogP contribution in [0.4, 0.5) is 5.69 Å². The van der Waals surface area contributed by atoms with Gasteiger partial charge in [0.2, 0.25) is 0 Å². The second-order valence-electron chi connectivity index (χ2n) is 7.33. The normalized spacial score (nSPS) is 15.6. The number of fused-ring (bicyclic) bond motifs is 2. The summed E-state index contributed by atoms with van der Waals surface area (Å²) in [4.78, 5) is 24.3. The van der Waals surface area contributed by atoms with E-state index in [0.717, 1.165) is 52.4 Å². The summed E-state index contributed by atoms with van der Waals surface area (Å²) in [5.74, 6) is 0. The molecule has 0 saturated carbocycles. The number of aromatic nitrogens is 3. The van der Waals surface area contributed by atoms with E-state index in [-0.39, 0.29) is 11.6 Å². The lowest BCUT2D eigenvalue weighted by molar-refractivity contribution is 0.501. The molecule has 0 unspecified atom stereocenters. The summed E-state index contributed by atoms with van der Waals surface area (Å²) in [6, 6.07) is 11.9. The van der Waals surface area contributed by atoms with Crippen molar-refractivity contribution in [2.45, 2.75) is 25.8 Å². The van der Waals surface area contributed by atoms with Gasteiger partial charge < -0.3 is 10.6 Å². The number of rotatable bonds is 2. The topological polar surface area (TPSA) is 76.5 Å². The van der Waals surface area contributed by atoms with Crippen LogP contribution in [0.1, 0.15) is 17.8 Å². The predicted molar refractivity (Wildman–Crippen MR) is 114 cm³/mol. The minimum absolute atomic E-state index is 0.0730. The average Bonchev–Trinajstić information content (AvgIpc) is 3.07. The second kappa shape index (κ2) is 6.68. The van der Waals surface area contributed by atoms with Gasteiger partial charge in [-0.25, -0.2) is 9.97 Å². The molecule has 0 atom stereocenters. The summed E-state index contributed by atoms with van der Waals surface area (Å²) in [5.41, 5.74) is 10.2. The Labute approximate surface area is 166 Å². The number of aryl methyl sites for hydroxylation is 1. The molecule has 0 radical (unpaired) electrons. The highest BCUT2D eigenvalue weighted by Crippen LogP contribution is 2.27. The molecule has 1 aromatic carbocycles. The van der Waals surface area contributed by atoms with Gasteiger partial charge in [-0.05, 0) is 44.0 Å². The molecule has 4 aromatic rings. The molecular weight excluding hydrogens is 370 g/mol. The summed E-state index contributed by atoms with van der Waals surface area (Å²) < 4.78 is 2.73. The Morgan fingerprint density at radius 3 is 2.75 bits per heavy atom. The van der Waals surface area contributed by atoms with Crippen LogP contribution in [-0.2, 0) is 0 Å². The van der Waals surface area contributed by atoms with Crippen LogP contribution in [0.2, 0.25) is 0 Å². The molecule has 28 heavy (non-hydrogen) atoms. The third-order valence-electron chi connectivity index (χ3n) is 5.34. The largest absolute Gasteiger partial charge is 0.370 e. The molecule has 0 amide bonds. The Morgan fingerprint density at radius 1 is 1.11 bits per heavy atom. The van der Waals surface area contributed by atoms with Gasteiger partial charge in [0, 0.05) is 37.0 Å². The van der Waals surface area contributed by atoms with Gasteiger partial charge in [0.1, 0.15) is 5.65 Å². The second-order valence-corrected chi connectivity index (χ2v) is 8.57. The quantitative estimate of drug-likeness (QED) is 0.568. The molecule has 0 spiro atoms. The highest BCUT2D eigenvalue weighted by atomic mass is 32.1. The monoisotopic (exact) mass is 391 g/mol. The standard InChI is InChI=1S/C21H21N5OS/c1-13-23-17-4-2-14(10-19(17)28-13)18-11-21(27)26-12-16(3-5-20(26)24-18)25-8-6-15(22)7-9-25/h2-5,10-12,15H,6-9,22H2,1H3. The first-order valence-corrected chi connectivity index (χ1v) is 10.3. The Balaban J connectivity index is 1.54. The smallest absolute Gasteiger partial charge is 0.258 e. The first kappa shape index (κ1) is 17.3. The molecule has 2 N–H and O–H groups in total. The van der Waals surface area contributed by atoms with Crippen LogP contribution in [-0.4, -0.2) is 33.5 Å². The number of hydrogen-bond acceptors (Lipinski definition) is 6. The lowest BCUT2D eigenvalue weighted by Gasteiger charge is -2.32. The highest BCUT2D eigenvalue weighted by molar-refractivity contribution is 7.18. The third kappa shape index (κ3) is 3.06. The zero-order valence-electron chi connectivity index (χ0n) is 15.6. The molecule has 3 aromatic heterocycles. The molecule has 1 aliphatic rings. The SMILES string of the molecule is Cc1nc2ccc(-c3cc(=O)n4cc(N5CCC(N)CC5)ccc4n3)cc2s1. The summed E-state index contributed by atoms with van der Waals surface area (Å²) in [6.45, 7) is 3.83. The lowest BCUT2D eigenvalue weighted by Crippen LogP contribution is -2.39. The van der Waals surface area contributed by atoms with E-state index in [1.54, 1.807) is 21.8 Å². The molecule has 142 valence electrons. The van der Waals surface area contributed by atoms with E-state index in [9.17, 15) is 4.79 Å². The summed E-state index contributed by atoms with van der Waals surface area (Å²) in [7, 11) is 0. The molecule has 4 heterocycles. The van der Waals surface area contributed by atoms with Crippen LogP contribution in [0.25, 0.3) is 27.1 Å². The predicted octanol–water partition coefficient (Wildman–Crippen LogP) is 3.21. The number of hydrogen-bond donors (Lipinski definition) is 1. The van der Waals surface area contributed by atoms with Crippen molar-refractivity contribution in [1.29, 1.82) is 0 Å². The Kier molecular flexibility index (Phi) is 4.14. The van der Waals surface area contributed by atoms with Gasteiger partial charge in [-0.1, -0.05) is 6.07 Å². The molecule has 5 rings (SSSR count). The van der Waals surface area contributed by atoms with Crippen molar-refractivity contribution in [3.63, 3.8) is 0 Å². The molecule has 1 fully saturated rings. The average molecular weight is 392 g/mol. The molecule has 0 aliphatic carbocycles. The number of benzene rings is 1. The zero-order valence-corrected chi connectivity index (χ0v) is 16.4. The van der Waals surface area contributed by atoms with E-state index in [1.807, 2.05) is 37.4 Å². The number of piperidine rings is 1. The molecular formula is C21H21N5OS. The molecule has 6 nitrogen and oxygen atoms in total. The zero-order chi connectivity index (χ0) is 19.3. The number of pyridine rings is 1. The number of thiazole rings is 1. The van der Waals surface area contributed by atoms with Crippen molar-refractivity contribution in [3.8, 4) is 11.3 Å². The number of anilines is 1. The van der Waals surface area contributed by atoms with E-state index in [0.29, 0.717) is 11.3 Å². The fraction of sp³-hybridized carbons (Fsp3) is 0.286. The minimum atomic E-state index is -0.0730. The molecule has 0 bridgehead atoms. The van der Waals surface area contributed by atoms with Crippen LogP contribution >= 0.6 is 11.3 Å². The fourth-order valence-corrected chi connectivity index (χ4v) is 4.65. The van der Waals surface area contributed by atoms with Crippen molar-refractivity contribution in [3.05, 3.63) is 58.0 Å². The summed E-state index contributed by atoms with van der Waals surface area (Å²) in [6.07, 6.45) is 3.84. The van der Waals surface area contributed by atoms with Crippen LogP contribution in [0.15, 0.2) is 47.4 Å². The van der Waals surface area contributed by atoms with Crippen molar-refractivity contribution in [2.75, 3.05) is 18.0 Å². The van der Waals surface area contributed by atoms with Gasteiger partial charge in [0.15, 0.2) is 0 Å². The van der Waals surface area contributed by atoms with Crippen LogP contribution in [0, 0.1) is 6.92 Å². The summed E-state index contributed by atoms with van der Waals surface area (Å²) >= 11 is 1.65. The summed E-state index contributed by atoms with van der Waals surface area (Å²) in [5, 5.41) is 1.03. The van der Waals surface area contributed by atoms with Crippen LogP contribution < -0.4 is 16.2 Å². The maximum absolute atomic E-state index is 12.8. The Morgan fingerprint density at radius 2 is 1.93 bits per heavy atom. The van der Waals surface area contributed by atoms with Gasteiger partial charge in [0.05, 0.1) is 26.6 Å². The van der Waals surface area contributed by atoms with E-state index < -0.39 is 0 Å². The van der Waals surface area contributed by atoms with Crippen LogP contribution in [0.5, 0.6) is 0 Å². The van der Waals surface area contributed by atoms with Crippen LogP contribution in [0.3, 0.4) is 0 Å². The Hall–Kier alpha value is -2.77. The van der Waals surface area contributed by atoms with E-state index >= 15 is 0 Å². The van der Waals surface area contributed by atoms with E-state index in [2.05, 4.69) is 16.0 Å². The van der Waals surface area contributed by atoms with Crippen molar-refractivity contribution in [2.24, 2.45) is 5.73 Å². The first-order valence-electron chi connectivity index (χ1n) is 9.48. The molecule has 7 heteroatoms. The lowest BCUT2D eigenvalue weighted by atomic mass is 10.1. The van der Waals surface area contributed by atoms with Crippen molar-refractivity contribution < 1.29 is 0 Å². The molecule has 1 saturated heterocycles.